The molecule has 0 bridgehead atoms. The second-order valence-corrected chi connectivity index (χ2v) is 10.5. The molecule has 10 heteroatoms. The minimum atomic E-state index is -3.58. The van der Waals surface area contributed by atoms with Crippen LogP contribution in [0, 0.1) is 0 Å². The van der Waals surface area contributed by atoms with Gasteiger partial charge < -0.3 is 14.8 Å². The Hall–Kier alpha value is -2.01. The Labute approximate surface area is 186 Å². The van der Waals surface area contributed by atoms with Crippen molar-refractivity contribution in [1.82, 2.24) is 15.0 Å². The van der Waals surface area contributed by atoms with Gasteiger partial charge in [-0.25, -0.2) is 22.9 Å². The number of benzene rings is 1. The standard InChI is InChI=1S/C21H27N3O5S2/c1-2-22-31(26,27)19-6-4-3-5-17(19)18-13-30-20(24-18)14-7-9-15(10-8-14)23-21(25)29-16-11-28-12-16/h3-6,13-16,22H,2,7-12H2,1H3,(H,23,25). The average Bonchev–Trinajstić information content (AvgIpc) is 3.21. The van der Waals surface area contributed by atoms with Crippen LogP contribution in [-0.2, 0) is 19.5 Å². The van der Waals surface area contributed by atoms with E-state index in [1.807, 2.05) is 11.4 Å². The van der Waals surface area contributed by atoms with Crippen LogP contribution in [0.2, 0.25) is 0 Å². The maximum absolute atomic E-state index is 12.6. The van der Waals surface area contributed by atoms with Gasteiger partial charge in [0.05, 0.1) is 28.8 Å². The highest BCUT2D eigenvalue weighted by Crippen LogP contribution is 2.37. The first-order valence-electron chi connectivity index (χ1n) is 10.6. The lowest BCUT2D eigenvalue weighted by Crippen LogP contribution is -2.44. The zero-order valence-corrected chi connectivity index (χ0v) is 19.0. The van der Waals surface area contributed by atoms with E-state index in [9.17, 15) is 13.2 Å². The first-order valence-corrected chi connectivity index (χ1v) is 12.9. The zero-order valence-electron chi connectivity index (χ0n) is 17.4. The Morgan fingerprint density at radius 3 is 2.65 bits per heavy atom. The maximum atomic E-state index is 12.6. The molecule has 2 N–H and O–H groups in total. The van der Waals surface area contributed by atoms with E-state index >= 15 is 0 Å². The summed E-state index contributed by atoms with van der Waals surface area (Å²) in [6.45, 7) is 3.04. The molecule has 1 aliphatic heterocycles. The van der Waals surface area contributed by atoms with Gasteiger partial charge in [-0.2, -0.15) is 0 Å². The Kier molecular flexibility index (Phi) is 6.90. The topological polar surface area (TPSA) is 107 Å². The van der Waals surface area contributed by atoms with Gasteiger partial charge in [0.1, 0.15) is 0 Å². The Bertz CT molecular complexity index is 1010. The number of ether oxygens (including phenoxy) is 2. The Balaban J connectivity index is 1.39. The Morgan fingerprint density at radius 2 is 1.97 bits per heavy atom. The van der Waals surface area contributed by atoms with Gasteiger partial charge in [-0.1, -0.05) is 25.1 Å². The average molecular weight is 466 g/mol. The molecule has 2 aliphatic rings. The van der Waals surface area contributed by atoms with Gasteiger partial charge in [0.15, 0.2) is 6.10 Å². The van der Waals surface area contributed by atoms with Crippen LogP contribution in [0.5, 0.6) is 0 Å². The summed E-state index contributed by atoms with van der Waals surface area (Å²) in [4.78, 5) is 17.0. The molecule has 1 aliphatic carbocycles. The molecule has 0 unspecified atom stereocenters. The number of thiazole rings is 1. The van der Waals surface area contributed by atoms with Crippen molar-refractivity contribution < 1.29 is 22.7 Å². The number of amides is 1. The highest BCUT2D eigenvalue weighted by atomic mass is 32.2. The van der Waals surface area contributed by atoms with Crippen LogP contribution >= 0.6 is 11.3 Å². The number of hydrogen-bond donors (Lipinski definition) is 2. The molecule has 1 aromatic heterocycles. The fourth-order valence-corrected chi connectivity index (χ4v) is 6.14. The number of sulfonamides is 1. The second kappa shape index (κ2) is 9.64. The third kappa shape index (κ3) is 5.25. The van der Waals surface area contributed by atoms with Crippen LogP contribution in [0.25, 0.3) is 11.3 Å². The minimum absolute atomic E-state index is 0.107. The number of nitrogens with one attached hydrogen (secondary N) is 2. The highest BCUT2D eigenvalue weighted by molar-refractivity contribution is 7.89. The highest BCUT2D eigenvalue weighted by Gasteiger charge is 2.28. The number of alkyl carbamates (subject to hydrolysis) is 1. The number of nitrogens with zero attached hydrogens (tertiary/aromatic N) is 1. The minimum Gasteiger partial charge on any atom is -0.441 e. The van der Waals surface area contributed by atoms with Gasteiger partial charge in [-0.3, -0.25) is 0 Å². The molecular formula is C21H27N3O5S2. The van der Waals surface area contributed by atoms with Crippen LogP contribution in [0.3, 0.4) is 0 Å². The second-order valence-electron chi connectivity index (χ2n) is 7.83. The van der Waals surface area contributed by atoms with E-state index in [4.69, 9.17) is 14.5 Å². The molecule has 1 amide bonds. The van der Waals surface area contributed by atoms with Crippen molar-refractivity contribution in [3.8, 4) is 11.3 Å². The third-order valence-electron chi connectivity index (χ3n) is 5.59. The smallest absolute Gasteiger partial charge is 0.407 e. The number of aromatic nitrogens is 1. The fraction of sp³-hybridized carbons (Fsp3) is 0.524. The predicted octanol–water partition coefficient (Wildman–Crippen LogP) is 3.26. The summed E-state index contributed by atoms with van der Waals surface area (Å²) in [6, 6.07) is 7.06. The molecule has 168 valence electrons. The lowest BCUT2D eigenvalue weighted by atomic mass is 9.86. The summed E-state index contributed by atoms with van der Waals surface area (Å²) in [5.74, 6) is 0.311. The molecule has 1 aromatic carbocycles. The first-order chi connectivity index (χ1) is 15.0. The summed E-state index contributed by atoms with van der Waals surface area (Å²) >= 11 is 1.57. The number of hydrogen-bond acceptors (Lipinski definition) is 7. The maximum Gasteiger partial charge on any atom is 0.407 e. The SMILES string of the molecule is CCNS(=O)(=O)c1ccccc1-c1csc(C2CCC(NC(=O)OC3COC3)CC2)n1. The van der Waals surface area contributed by atoms with Crippen LogP contribution in [-0.4, -0.2) is 51.4 Å². The normalized spacial score (nSPS) is 22.0. The van der Waals surface area contributed by atoms with Gasteiger partial charge in [0.25, 0.3) is 0 Å². The number of carbonyl (C=O) groups excluding carboxylic acids is 1. The molecule has 0 atom stereocenters. The van der Waals surface area contributed by atoms with Gasteiger partial charge in [-0.15, -0.1) is 11.3 Å². The van der Waals surface area contributed by atoms with Crippen molar-refractivity contribution in [2.45, 2.75) is 55.6 Å². The molecule has 2 fully saturated rings. The molecule has 8 nitrogen and oxygen atoms in total. The van der Waals surface area contributed by atoms with Crippen molar-refractivity contribution >= 4 is 27.5 Å². The molecule has 0 spiro atoms. The largest absolute Gasteiger partial charge is 0.441 e. The molecular weight excluding hydrogens is 438 g/mol. The van der Waals surface area contributed by atoms with Crippen molar-refractivity contribution in [3.63, 3.8) is 0 Å². The van der Waals surface area contributed by atoms with Crippen LogP contribution in [0.15, 0.2) is 34.5 Å². The summed E-state index contributed by atoms with van der Waals surface area (Å²) in [6.07, 6.45) is 3.07. The monoisotopic (exact) mass is 465 g/mol. The van der Waals surface area contributed by atoms with Crippen molar-refractivity contribution in [3.05, 3.63) is 34.7 Å². The van der Waals surface area contributed by atoms with Crippen LogP contribution in [0.4, 0.5) is 4.79 Å². The lowest BCUT2D eigenvalue weighted by molar-refractivity contribution is -0.0985. The van der Waals surface area contributed by atoms with Gasteiger partial charge >= 0.3 is 6.09 Å². The van der Waals surface area contributed by atoms with E-state index in [-0.39, 0.29) is 23.1 Å². The molecule has 1 saturated carbocycles. The van der Waals surface area contributed by atoms with E-state index in [0.717, 1.165) is 30.7 Å². The third-order valence-corrected chi connectivity index (χ3v) is 8.20. The van der Waals surface area contributed by atoms with Crippen LogP contribution in [0.1, 0.15) is 43.5 Å². The molecule has 2 heterocycles. The van der Waals surface area contributed by atoms with Crippen molar-refractivity contribution in [2.75, 3.05) is 19.8 Å². The van der Waals surface area contributed by atoms with Crippen LogP contribution < -0.4 is 10.0 Å². The van der Waals surface area contributed by atoms with Gasteiger partial charge in [0, 0.05) is 29.4 Å². The van der Waals surface area contributed by atoms with E-state index in [1.165, 1.54) is 0 Å². The molecule has 2 aromatic rings. The molecule has 1 saturated heterocycles. The predicted molar refractivity (Wildman–Crippen MR) is 118 cm³/mol. The number of carbonyl (C=O) groups is 1. The van der Waals surface area contributed by atoms with Gasteiger partial charge in [-0.05, 0) is 31.7 Å². The zero-order chi connectivity index (χ0) is 21.8. The van der Waals surface area contributed by atoms with E-state index in [1.54, 1.807) is 36.5 Å². The summed E-state index contributed by atoms with van der Waals surface area (Å²) in [7, 11) is -3.58. The molecule has 4 rings (SSSR count). The van der Waals surface area contributed by atoms with Crippen molar-refractivity contribution in [1.29, 1.82) is 0 Å². The van der Waals surface area contributed by atoms with E-state index in [2.05, 4.69) is 10.0 Å². The number of rotatable bonds is 7. The first kappa shape index (κ1) is 22.2. The van der Waals surface area contributed by atoms with Crippen molar-refractivity contribution in [2.24, 2.45) is 0 Å². The lowest BCUT2D eigenvalue weighted by Gasteiger charge is -2.30. The summed E-state index contributed by atoms with van der Waals surface area (Å²) in [5.41, 5.74) is 1.30. The Morgan fingerprint density at radius 1 is 1.23 bits per heavy atom. The summed E-state index contributed by atoms with van der Waals surface area (Å²) < 4.78 is 38.0. The fourth-order valence-electron chi connectivity index (χ4n) is 3.90. The van der Waals surface area contributed by atoms with E-state index < -0.39 is 10.0 Å². The molecule has 31 heavy (non-hydrogen) atoms. The van der Waals surface area contributed by atoms with Gasteiger partial charge in [0.2, 0.25) is 10.0 Å². The summed E-state index contributed by atoms with van der Waals surface area (Å²) in [5, 5.41) is 5.89. The quantitative estimate of drug-likeness (QED) is 0.650. The molecule has 0 radical (unpaired) electrons. The van der Waals surface area contributed by atoms with E-state index in [0.29, 0.717) is 36.9 Å².